The van der Waals surface area contributed by atoms with Crippen LogP contribution in [0.15, 0.2) is 46.4 Å². The lowest BCUT2D eigenvalue weighted by molar-refractivity contribution is -0.111. The number of benzene rings is 1. The summed E-state index contributed by atoms with van der Waals surface area (Å²) in [5, 5.41) is 6.05. The van der Waals surface area contributed by atoms with Gasteiger partial charge in [0.2, 0.25) is 5.91 Å². The average Bonchev–Trinajstić information content (AvgIpc) is 2.83. The van der Waals surface area contributed by atoms with E-state index >= 15 is 0 Å². The topological polar surface area (TPSA) is 85.7 Å². The van der Waals surface area contributed by atoms with Crippen molar-refractivity contribution in [3.63, 3.8) is 0 Å². The number of aryl methyl sites for hydroxylation is 1. The van der Waals surface area contributed by atoms with Gasteiger partial charge in [0.1, 0.15) is 4.60 Å². The summed E-state index contributed by atoms with van der Waals surface area (Å²) in [6.45, 7) is 11.2. The van der Waals surface area contributed by atoms with Gasteiger partial charge in [0.05, 0.1) is 11.4 Å². The lowest BCUT2D eigenvalue weighted by Gasteiger charge is -2.46. The van der Waals surface area contributed by atoms with Crippen LogP contribution < -0.4 is 21.1 Å². The van der Waals surface area contributed by atoms with Crippen LogP contribution >= 0.6 is 15.9 Å². The second-order valence-corrected chi connectivity index (χ2v) is 10.3. The lowest BCUT2D eigenvalue weighted by atomic mass is 9.95. The summed E-state index contributed by atoms with van der Waals surface area (Å²) >= 11 is 3.33. The van der Waals surface area contributed by atoms with Crippen LogP contribution in [0.5, 0.6) is 0 Å². The highest BCUT2D eigenvalue weighted by Crippen LogP contribution is 2.35. The Kier molecular flexibility index (Phi) is 7.93. The number of piperazine rings is 1. The molecular weight excluding hydrogens is 510 g/mol. The molecule has 0 bridgehead atoms. The van der Waals surface area contributed by atoms with E-state index in [-0.39, 0.29) is 17.3 Å². The van der Waals surface area contributed by atoms with E-state index in [0.717, 1.165) is 51.3 Å². The SMILES string of the molecule is C=CC(=O)Nc1cc(Nc2nc(Br)cn(C)c2=O)ccc1N1CCC(N2CCN(C)CC2)C[C@@H]1C. The van der Waals surface area contributed by atoms with E-state index in [1.54, 1.807) is 13.2 Å². The number of carbonyl (C=O) groups is 1. The number of rotatable bonds is 6. The number of amides is 1. The first kappa shape index (κ1) is 25.4. The molecule has 2 fully saturated rings. The van der Waals surface area contributed by atoms with Crippen molar-refractivity contribution in [2.75, 3.05) is 55.3 Å². The third kappa shape index (κ3) is 5.94. The lowest BCUT2D eigenvalue weighted by Crippen LogP contribution is -2.54. The van der Waals surface area contributed by atoms with Gasteiger partial charge in [-0.1, -0.05) is 6.58 Å². The van der Waals surface area contributed by atoms with Gasteiger partial charge < -0.3 is 25.0 Å². The average molecular weight is 544 g/mol. The molecule has 4 rings (SSSR count). The van der Waals surface area contributed by atoms with E-state index in [0.29, 0.717) is 28.1 Å². The summed E-state index contributed by atoms with van der Waals surface area (Å²) < 4.78 is 2.01. The third-order valence-electron chi connectivity index (χ3n) is 6.96. The van der Waals surface area contributed by atoms with Crippen molar-refractivity contribution in [1.29, 1.82) is 0 Å². The number of likely N-dealkylation sites (N-methyl/N-ethyl adjacent to an activating group) is 1. The van der Waals surface area contributed by atoms with E-state index in [4.69, 9.17) is 0 Å². The molecule has 1 amide bonds. The maximum atomic E-state index is 12.5. The molecule has 3 heterocycles. The first-order valence-corrected chi connectivity index (χ1v) is 12.8. The summed E-state index contributed by atoms with van der Waals surface area (Å²) in [6.07, 6.45) is 5.04. The Morgan fingerprint density at radius 2 is 1.94 bits per heavy atom. The Hall–Kier alpha value is -2.69. The largest absolute Gasteiger partial charge is 0.367 e. The zero-order chi connectivity index (χ0) is 25.1. The molecule has 0 aliphatic carbocycles. The normalized spacial score (nSPS) is 21.5. The van der Waals surface area contributed by atoms with Gasteiger partial charge in [-0.3, -0.25) is 14.5 Å². The Balaban J connectivity index is 1.56. The molecule has 0 spiro atoms. The van der Waals surface area contributed by atoms with Crippen molar-refractivity contribution in [2.45, 2.75) is 31.8 Å². The fraction of sp³-hybridized carbons (Fsp3) is 0.480. The molecule has 0 saturated carbocycles. The number of anilines is 4. The number of piperidine rings is 1. The molecule has 1 unspecified atom stereocenters. The van der Waals surface area contributed by atoms with Crippen molar-refractivity contribution in [3.05, 3.63) is 52.0 Å². The molecule has 2 aliphatic rings. The van der Waals surface area contributed by atoms with Gasteiger partial charge in [0.15, 0.2) is 5.82 Å². The summed E-state index contributed by atoms with van der Waals surface area (Å²) in [6, 6.07) is 6.67. The minimum Gasteiger partial charge on any atom is -0.367 e. The molecule has 0 radical (unpaired) electrons. The number of hydrogen-bond acceptors (Lipinski definition) is 7. The van der Waals surface area contributed by atoms with Crippen molar-refractivity contribution >= 4 is 44.7 Å². The number of hydrogen-bond donors (Lipinski definition) is 2. The van der Waals surface area contributed by atoms with Crippen molar-refractivity contribution in [1.82, 2.24) is 19.4 Å². The molecule has 1 aromatic heterocycles. The zero-order valence-corrected chi connectivity index (χ0v) is 22.2. The Morgan fingerprint density at radius 3 is 2.63 bits per heavy atom. The molecule has 9 nitrogen and oxygen atoms in total. The van der Waals surface area contributed by atoms with Crippen LogP contribution in [-0.4, -0.2) is 77.1 Å². The molecule has 10 heteroatoms. The van der Waals surface area contributed by atoms with Gasteiger partial charge in [-0.05, 0) is 67.0 Å². The van der Waals surface area contributed by atoms with Gasteiger partial charge in [0.25, 0.3) is 5.56 Å². The smallest absolute Gasteiger partial charge is 0.293 e. The van der Waals surface area contributed by atoms with E-state index in [2.05, 4.69) is 66.8 Å². The van der Waals surface area contributed by atoms with Crippen LogP contribution in [0.4, 0.5) is 22.9 Å². The molecule has 2 N–H and O–H groups in total. The van der Waals surface area contributed by atoms with E-state index in [1.165, 1.54) is 10.6 Å². The second-order valence-electron chi connectivity index (χ2n) is 9.44. The summed E-state index contributed by atoms with van der Waals surface area (Å²) in [7, 11) is 3.86. The second kappa shape index (κ2) is 10.9. The minimum absolute atomic E-state index is 0.206. The van der Waals surface area contributed by atoms with Crippen molar-refractivity contribution in [3.8, 4) is 0 Å². The fourth-order valence-electron chi connectivity index (χ4n) is 4.96. The maximum Gasteiger partial charge on any atom is 0.293 e. The maximum absolute atomic E-state index is 12.5. The van der Waals surface area contributed by atoms with Gasteiger partial charge in [0, 0.05) is 63.7 Å². The predicted octanol–water partition coefficient (Wildman–Crippen LogP) is 3.02. The van der Waals surface area contributed by atoms with E-state index < -0.39 is 0 Å². The van der Waals surface area contributed by atoms with Gasteiger partial charge in [-0.25, -0.2) is 4.98 Å². The van der Waals surface area contributed by atoms with E-state index in [9.17, 15) is 9.59 Å². The molecule has 2 aromatic rings. The summed E-state index contributed by atoms with van der Waals surface area (Å²) in [5.74, 6) is -0.0724. The highest BCUT2D eigenvalue weighted by molar-refractivity contribution is 9.10. The molecule has 188 valence electrons. The number of nitrogens with zero attached hydrogens (tertiary/aromatic N) is 5. The molecule has 2 aliphatic heterocycles. The van der Waals surface area contributed by atoms with Gasteiger partial charge in [-0.2, -0.15) is 0 Å². The number of halogens is 1. The number of aromatic nitrogens is 2. The first-order valence-electron chi connectivity index (χ1n) is 12.0. The minimum atomic E-state index is -0.278. The van der Waals surface area contributed by atoms with Crippen molar-refractivity contribution < 1.29 is 4.79 Å². The molecule has 35 heavy (non-hydrogen) atoms. The fourth-order valence-corrected chi connectivity index (χ4v) is 5.44. The number of carbonyl (C=O) groups excluding carboxylic acids is 1. The number of nitrogens with one attached hydrogen (secondary N) is 2. The van der Waals surface area contributed by atoms with Crippen molar-refractivity contribution in [2.24, 2.45) is 7.05 Å². The predicted molar refractivity (Wildman–Crippen MR) is 145 cm³/mol. The van der Waals surface area contributed by atoms with Gasteiger partial charge in [-0.15, -0.1) is 0 Å². The molecule has 2 saturated heterocycles. The Morgan fingerprint density at radius 1 is 1.20 bits per heavy atom. The van der Waals surface area contributed by atoms with Crippen LogP contribution in [0, 0.1) is 0 Å². The highest BCUT2D eigenvalue weighted by atomic mass is 79.9. The Labute approximate surface area is 214 Å². The van der Waals surface area contributed by atoms with Crippen LogP contribution in [0.2, 0.25) is 0 Å². The monoisotopic (exact) mass is 543 g/mol. The van der Waals surface area contributed by atoms with Crippen LogP contribution in [0.1, 0.15) is 19.8 Å². The van der Waals surface area contributed by atoms with E-state index in [1.807, 2.05) is 18.2 Å². The Bertz CT molecular complexity index is 1140. The van der Waals surface area contributed by atoms with Gasteiger partial charge >= 0.3 is 0 Å². The highest BCUT2D eigenvalue weighted by Gasteiger charge is 2.31. The molecular formula is C25H34BrN7O2. The van der Waals surface area contributed by atoms with Crippen LogP contribution in [0.3, 0.4) is 0 Å². The standard InChI is InChI=1S/C25H34BrN7O2/c1-5-23(34)28-20-15-18(27-24-25(35)31(4)16-22(26)29-24)6-7-21(20)33-9-8-19(14-17(33)2)32-12-10-30(3)11-13-32/h5-7,15-17,19H,1,8-14H2,2-4H3,(H,27,29)(H,28,34)/t17-,19?/m0/s1. The van der Waals surface area contributed by atoms with Crippen LogP contribution in [0.25, 0.3) is 0 Å². The third-order valence-corrected chi connectivity index (χ3v) is 7.34. The quantitative estimate of drug-likeness (QED) is 0.541. The molecule has 1 aromatic carbocycles. The summed E-state index contributed by atoms with van der Waals surface area (Å²) in [4.78, 5) is 36.4. The summed E-state index contributed by atoms with van der Waals surface area (Å²) in [5.41, 5.74) is 2.06. The first-order chi connectivity index (χ1) is 16.7. The zero-order valence-electron chi connectivity index (χ0n) is 20.6. The molecule has 2 atom stereocenters. The van der Waals surface area contributed by atoms with Crippen LogP contribution in [-0.2, 0) is 11.8 Å².